The highest BCUT2D eigenvalue weighted by Crippen LogP contribution is 2.41. The molecule has 0 saturated carbocycles. The molecule has 1 N–H and O–H groups in total. The summed E-state index contributed by atoms with van der Waals surface area (Å²) in [5.41, 5.74) is 5.59. The van der Waals surface area contributed by atoms with Gasteiger partial charge in [-0.3, -0.25) is 9.97 Å². The van der Waals surface area contributed by atoms with E-state index in [1.807, 2.05) is 30.6 Å². The van der Waals surface area contributed by atoms with E-state index in [1.165, 1.54) is 11.3 Å². The Labute approximate surface area is 187 Å². The lowest BCUT2D eigenvalue weighted by molar-refractivity contribution is 0.533. The molecule has 1 aliphatic heterocycles. The summed E-state index contributed by atoms with van der Waals surface area (Å²) in [7, 11) is 0. The van der Waals surface area contributed by atoms with Gasteiger partial charge in [-0.1, -0.05) is 29.8 Å². The number of anilines is 1. The van der Waals surface area contributed by atoms with Crippen molar-refractivity contribution in [1.29, 1.82) is 0 Å². The average Bonchev–Trinajstić information content (AvgIpc) is 3.39. The van der Waals surface area contributed by atoms with Gasteiger partial charge in [0.25, 0.3) is 0 Å². The van der Waals surface area contributed by atoms with Crippen LogP contribution in [0.2, 0.25) is 0 Å². The Kier molecular flexibility index (Phi) is 5.22. The number of hydrogen-bond acceptors (Lipinski definition) is 3. The van der Waals surface area contributed by atoms with E-state index in [4.69, 9.17) is 12.2 Å². The molecule has 0 spiro atoms. The van der Waals surface area contributed by atoms with Gasteiger partial charge in [0.05, 0.1) is 11.7 Å². The minimum atomic E-state index is -0.0578. The summed E-state index contributed by atoms with van der Waals surface area (Å²) in [5, 5.41) is 4.24. The first-order valence-corrected chi connectivity index (χ1v) is 10.7. The van der Waals surface area contributed by atoms with E-state index < -0.39 is 0 Å². The summed E-state index contributed by atoms with van der Waals surface area (Å²) >= 11 is 5.82. The van der Waals surface area contributed by atoms with Gasteiger partial charge >= 0.3 is 0 Å². The van der Waals surface area contributed by atoms with Crippen molar-refractivity contribution in [2.24, 2.45) is 0 Å². The number of hydrogen-bond donors (Lipinski definition) is 1. The number of nitrogens with one attached hydrogen (secondary N) is 1. The summed E-state index contributed by atoms with van der Waals surface area (Å²) in [6, 6.07) is 22.8. The minimum Gasteiger partial charge on any atom is -0.351 e. The summed E-state index contributed by atoms with van der Waals surface area (Å²) < 4.78 is 2.27. The van der Waals surface area contributed by atoms with Gasteiger partial charge in [-0.2, -0.15) is 0 Å². The maximum atomic E-state index is 5.82. The van der Waals surface area contributed by atoms with Crippen molar-refractivity contribution in [3.8, 4) is 0 Å². The number of thiocarbonyl (C=S) groups is 1. The molecule has 2 atom stereocenters. The molecule has 154 valence electrons. The number of nitrogens with zero attached hydrogens (tertiary/aromatic N) is 4. The third-order valence-electron chi connectivity index (χ3n) is 5.65. The third-order valence-corrected chi connectivity index (χ3v) is 5.97. The predicted molar refractivity (Wildman–Crippen MR) is 127 cm³/mol. The summed E-state index contributed by atoms with van der Waals surface area (Å²) in [4.78, 5) is 11.1. The Balaban J connectivity index is 1.60. The monoisotopic (exact) mass is 425 g/mol. The molecule has 2 unspecified atom stereocenters. The first-order valence-electron chi connectivity index (χ1n) is 10.3. The second kappa shape index (κ2) is 8.32. The summed E-state index contributed by atoms with van der Waals surface area (Å²) in [6.45, 7) is 2.84. The minimum absolute atomic E-state index is 0.0308. The van der Waals surface area contributed by atoms with Gasteiger partial charge in [-0.25, -0.2) is 0 Å². The average molecular weight is 426 g/mol. The van der Waals surface area contributed by atoms with Crippen molar-refractivity contribution in [3.05, 3.63) is 114 Å². The standard InChI is InChI=1S/C25H23N5S/c1-18-9-11-20(12-10-18)30-24(23(28-25(30)31)21-7-2-3-14-27-21)22-8-5-15-29(22)17-19-6-4-13-26-16-19/h2-16,23-24H,17H2,1H3,(H,28,31). The molecule has 0 amide bonds. The fraction of sp³-hybridized carbons (Fsp3) is 0.160. The molecule has 0 aliphatic carbocycles. The van der Waals surface area contributed by atoms with Crippen LogP contribution in [-0.4, -0.2) is 19.6 Å². The highest BCUT2D eigenvalue weighted by Gasteiger charge is 2.41. The Bertz CT molecular complexity index is 1170. The SMILES string of the molecule is Cc1ccc(N2C(=S)NC(c3ccccn3)C2c2cccn2Cc2cccnc2)cc1. The molecule has 5 rings (SSSR count). The Morgan fingerprint density at radius 2 is 1.84 bits per heavy atom. The van der Waals surface area contributed by atoms with Gasteiger partial charge in [-0.15, -0.1) is 0 Å². The fourth-order valence-corrected chi connectivity index (χ4v) is 4.51. The normalized spacial score (nSPS) is 18.2. The number of rotatable bonds is 5. The first kappa shape index (κ1) is 19.5. The molecule has 6 heteroatoms. The number of aryl methyl sites for hydroxylation is 1. The fourth-order valence-electron chi connectivity index (χ4n) is 4.17. The highest BCUT2D eigenvalue weighted by atomic mass is 32.1. The molecule has 0 radical (unpaired) electrons. The molecule has 4 heterocycles. The van der Waals surface area contributed by atoms with Gasteiger partial charge in [0.2, 0.25) is 0 Å². The summed E-state index contributed by atoms with van der Waals surface area (Å²) in [5.74, 6) is 0. The molecule has 1 aromatic carbocycles. The number of aromatic nitrogens is 3. The molecule has 5 nitrogen and oxygen atoms in total. The molecule has 4 aromatic rings. The number of benzene rings is 1. The van der Waals surface area contributed by atoms with Crippen LogP contribution in [0, 0.1) is 6.92 Å². The van der Waals surface area contributed by atoms with Crippen LogP contribution in [0.25, 0.3) is 0 Å². The van der Waals surface area contributed by atoms with Gasteiger partial charge in [-0.05, 0) is 67.2 Å². The largest absolute Gasteiger partial charge is 0.351 e. The van der Waals surface area contributed by atoms with E-state index in [0.29, 0.717) is 5.11 Å². The van der Waals surface area contributed by atoms with Crippen LogP contribution in [0.1, 0.15) is 34.6 Å². The topological polar surface area (TPSA) is 46.0 Å². The lowest BCUT2D eigenvalue weighted by Gasteiger charge is -2.29. The zero-order valence-corrected chi connectivity index (χ0v) is 18.0. The van der Waals surface area contributed by atoms with Crippen LogP contribution in [0.15, 0.2) is 91.5 Å². The molecule has 3 aromatic heterocycles. The lowest BCUT2D eigenvalue weighted by Crippen LogP contribution is -2.30. The maximum absolute atomic E-state index is 5.82. The lowest BCUT2D eigenvalue weighted by atomic mass is 10.0. The molecule has 31 heavy (non-hydrogen) atoms. The van der Waals surface area contributed by atoms with Gasteiger partial charge in [0, 0.05) is 42.7 Å². The quantitative estimate of drug-likeness (QED) is 0.465. The van der Waals surface area contributed by atoms with Crippen LogP contribution in [0.3, 0.4) is 0 Å². The van der Waals surface area contributed by atoms with E-state index in [2.05, 4.69) is 86.4 Å². The van der Waals surface area contributed by atoms with Gasteiger partial charge < -0.3 is 14.8 Å². The van der Waals surface area contributed by atoms with Gasteiger partial charge in [0.1, 0.15) is 6.04 Å². The van der Waals surface area contributed by atoms with Crippen molar-refractivity contribution in [2.45, 2.75) is 25.6 Å². The maximum Gasteiger partial charge on any atom is 0.174 e. The second-order valence-electron chi connectivity index (χ2n) is 7.75. The van der Waals surface area contributed by atoms with Crippen LogP contribution < -0.4 is 10.2 Å². The van der Waals surface area contributed by atoms with E-state index in [1.54, 1.807) is 6.20 Å². The first-order chi connectivity index (χ1) is 15.2. The van der Waals surface area contributed by atoms with Crippen molar-refractivity contribution in [2.75, 3.05) is 4.90 Å². The van der Waals surface area contributed by atoms with Crippen molar-refractivity contribution >= 4 is 23.0 Å². The summed E-state index contributed by atoms with van der Waals surface area (Å²) in [6.07, 6.45) is 7.66. The third kappa shape index (κ3) is 3.82. The second-order valence-corrected chi connectivity index (χ2v) is 8.14. The van der Waals surface area contributed by atoms with Crippen LogP contribution in [0.5, 0.6) is 0 Å². The van der Waals surface area contributed by atoms with Crippen molar-refractivity contribution < 1.29 is 0 Å². The Morgan fingerprint density at radius 1 is 0.968 bits per heavy atom. The van der Waals surface area contributed by atoms with E-state index >= 15 is 0 Å². The zero-order chi connectivity index (χ0) is 21.2. The molecular formula is C25H23N5S. The smallest absolute Gasteiger partial charge is 0.174 e. The Hall–Kier alpha value is -3.51. The van der Waals surface area contributed by atoms with E-state index in [9.17, 15) is 0 Å². The van der Waals surface area contributed by atoms with Crippen molar-refractivity contribution in [1.82, 2.24) is 19.9 Å². The van der Waals surface area contributed by atoms with E-state index in [-0.39, 0.29) is 12.1 Å². The number of pyridine rings is 2. The van der Waals surface area contributed by atoms with E-state index in [0.717, 1.165) is 23.5 Å². The molecular weight excluding hydrogens is 402 g/mol. The van der Waals surface area contributed by atoms with Crippen LogP contribution in [0.4, 0.5) is 5.69 Å². The van der Waals surface area contributed by atoms with Crippen molar-refractivity contribution in [3.63, 3.8) is 0 Å². The van der Waals surface area contributed by atoms with Gasteiger partial charge in [0.15, 0.2) is 5.11 Å². The molecule has 1 fully saturated rings. The Morgan fingerprint density at radius 3 is 2.58 bits per heavy atom. The zero-order valence-electron chi connectivity index (χ0n) is 17.2. The molecule has 1 aliphatic rings. The van der Waals surface area contributed by atoms with Crippen LogP contribution >= 0.6 is 12.2 Å². The van der Waals surface area contributed by atoms with Crippen LogP contribution in [-0.2, 0) is 6.54 Å². The highest BCUT2D eigenvalue weighted by molar-refractivity contribution is 7.80. The predicted octanol–water partition coefficient (Wildman–Crippen LogP) is 4.81. The molecule has 1 saturated heterocycles. The molecule has 0 bridgehead atoms.